The van der Waals surface area contributed by atoms with Crippen molar-refractivity contribution in [2.75, 3.05) is 0 Å². The molecule has 0 saturated heterocycles. The number of hydrogen-bond acceptors (Lipinski definition) is 5. The molecular formula is C7H9CuNO4. The molecule has 0 aromatic rings. The fraction of sp³-hybridized carbons (Fsp3) is 0.286. The van der Waals surface area contributed by atoms with E-state index in [0.717, 1.165) is 13.8 Å². The van der Waals surface area contributed by atoms with Gasteiger partial charge in [-0.1, -0.05) is 6.58 Å². The summed E-state index contributed by atoms with van der Waals surface area (Å²) in [7, 11) is 0. The van der Waals surface area contributed by atoms with Crippen molar-refractivity contribution in [2.45, 2.75) is 13.8 Å². The van der Waals surface area contributed by atoms with Gasteiger partial charge in [0.1, 0.15) is 0 Å². The van der Waals surface area contributed by atoms with Crippen molar-refractivity contribution < 1.29 is 36.9 Å². The van der Waals surface area contributed by atoms with Crippen LogP contribution in [0.2, 0.25) is 0 Å². The van der Waals surface area contributed by atoms with E-state index in [1.54, 1.807) is 6.07 Å². The van der Waals surface area contributed by atoms with Gasteiger partial charge in [0, 0.05) is 18.0 Å². The molecule has 5 nitrogen and oxygen atoms in total. The van der Waals surface area contributed by atoms with Crippen molar-refractivity contribution in [3.05, 3.63) is 12.7 Å². The molecule has 0 amide bonds. The SMILES string of the molecule is C=CC#N.CC(=O)[O-].CC(=O)[O-].[Cu+2]. The minimum atomic E-state index is -1.08. The third-order valence-electron chi connectivity index (χ3n) is 0.0913. The molecule has 0 aliphatic heterocycles. The molecule has 0 atom stereocenters. The molecule has 0 bridgehead atoms. The van der Waals surface area contributed by atoms with Gasteiger partial charge < -0.3 is 19.8 Å². The van der Waals surface area contributed by atoms with E-state index in [9.17, 15) is 0 Å². The minimum absolute atomic E-state index is 0. The fourth-order valence-electron chi connectivity index (χ4n) is 0. The first-order valence-corrected chi connectivity index (χ1v) is 2.74. The summed E-state index contributed by atoms with van der Waals surface area (Å²) in [5, 5.41) is 25.3. The first kappa shape index (κ1) is 22.6. The Morgan fingerprint density at radius 3 is 1.38 bits per heavy atom. The summed E-state index contributed by atoms with van der Waals surface area (Å²) in [6.45, 7) is 5.06. The molecule has 0 heterocycles. The van der Waals surface area contributed by atoms with Gasteiger partial charge in [-0.25, -0.2) is 0 Å². The number of allylic oxidation sites excluding steroid dienone is 1. The summed E-state index contributed by atoms with van der Waals surface area (Å²) < 4.78 is 0. The van der Waals surface area contributed by atoms with E-state index in [0.29, 0.717) is 0 Å². The topological polar surface area (TPSA) is 104 Å². The number of nitriles is 1. The van der Waals surface area contributed by atoms with Crippen molar-refractivity contribution in [1.29, 1.82) is 5.26 Å². The van der Waals surface area contributed by atoms with E-state index in [4.69, 9.17) is 25.1 Å². The van der Waals surface area contributed by atoms with Crippen LogP contribution in [0, 0.1) is 11.3 Å². The van der Waals surface area contributed by atoms with E-state index in [1.165, 1.54) is 6.08 Å². The van der Waals surface area contributed by atoms with E-state index in [-0.39, 0.29) is 17.1 Å². The van der Waals surface area contributed by atoms with Crippen molar-refractivity contribution in [3.8, 4) is 6.07 Å². The first-order chi connectivity index (χ1) is 5.38. The first-order valence-electron chi connectivity index (χ1n) is 2.74. The van der Waals surface area contributed by atoms with Crippen LogP contribution in [-0.4, -0.2) is 11.9 Å². The molecule has 0 unspecified atom stereocenters. The fourth-order valence-corrected chi connectivity index (χ4v) is 0. The summed E-state index contributed by atoms with van der Waals surface area (Å²) in [6.07, 6.45) is 1.18. The van der Waals surface area contributed by atoms with Gasteiger partial charge in [-0.05, 0) is 13.8 Å². The summed E-state index contributed by atoms with van der Waals surface area (Å²) >= 11 is 0. The second-order valence-electron chi connectivity index (χ2n) is 1.32. The molecule has 0 spiro atoms. The minimum Gasteiger partial charge on any atom is -0.550 e. The van der Waals surface area contributed by atoms with Gasteiger partial charge in [-0.3, -0.25) is 0 Å². The van der Waals surface area contributed by atoms with E-state index >= 15 is 0 Å². The quantitative estimate of drug-likeness (QED) is 0.364. The van der Waals surface area contributed by atoms with Crippen LogP contribution in [0.25, 0.3) is 0 Å². The molecule has 0 aliphatic carbocycles. The number of hydrogen-bond donors (Lipinski definition) is 0. The Balaban J connectivity index is -0.0000000450. The van der Waals surface area contributed by atoms with E-state index in [1.807, 2.05) is 0 Å². The zero-order chi connectivity index (χ0) is 10.6. The maximum atomic E-state index is 8.89. The van der Waals surface area contributed by atoms with Crippen LogP contribution in [0.3, 0.4) is 0 Å². The smallest absolute Gasteiger partial charge is 0.550 e. The van der Waals surface area contributed by atoms with Gasteiger partial charge in [0.15, 0.2) is 0 Å². The molecule has 0 fully saturated rings. The molecular weight excluding hydrogens is 226 g/mol. The Morgan fingerprint density at radius 1 is 1.31 bits per heavy atom. The Bertz CT molecular complexity index is 165. The van der Waals surface area contributed by atoms with E-state index < -0.39 is 11.9 Å². The number of carbonyl (C=O) groups excluding carboxylic acids is 2. The standard InChI is InChI=1S/C3H3N.2C2H4O2.Cu/c1-2-3-4;2*1-2(3)4;/h2H,1H2;2*1H3,(H,3,4);/q;;;+2/p-2. The van der Waals surface area contributed by atoms with Crippen LogP contribution < -0.4 is 10.2 Å². The predicted octanol–water partition coefficient (Wildman–Crippen LogP) is -1.79. The summed E-state index contributed by atoms with van der Waals surface area (Å²) in [5.41, 5.74) is 0. The van der Waals surface area contributed by atoms with Crippen molar-refractivity contribution in [2.24, 2.45) is 0 Å². The van der Waals surface area contributed by atoms with Gasteiger partial charge >= 0.3 is 17.1 Å². The van der Waals surface area contributed by atoms with Crippen molar-refractivity contribution in [1.82, 2.24) is 0 Å². The third kappa shape index (κ3) is 8370. The van der Waals surface area contributed by atoms with Crippen LogP contribution in [0.1, 0.15) is 13.8 Å². The largest absolute Gasteiger partial charge is 2.00 e. The molecule has 1 radical (unpaired) electrons. The molecule has 0 rings (SSSR count). The molecule has 13 heavy (non-hydrogen) atoms. The van der Waals surface area contributed by atoms with Gasteiger partial charge in [0.25, 0.3) is 0 Å². The maximum Gasteiger partial charge on any atom is 2.00 e. The Morgan fingerprint density at radius 2 is 1.38 bits per heavy atom. The Labute approximate surface area is 87.2 Å². The third-order valence-corrected chi connectivity index (χ3v) is 0.0913. The zero-order valence-corrected chi connectivity index (χ0v) is 8.11. The van der Waals surface area contributed by atoms with Gasteiger partial charge in [-0.15, -0.1) is 0 Å². The van der Waals surface area contributed by atoms with Crippen molar-refractivity contribution >= 4 is 11.9 Å². The number of carboxylic acid groups (broad SMARTS) is 2. The second kappa shape index (κ2) is 22.4. The zero-order valence-electron chi connectivity index (χ0n) is 7.17. The Hall–Kier alpha value is -1.31. The molecule has 6 heteroatoms. The Kier molecular flexibility index (Phi) is 39.0. The van der Waals surface area contributed by atoms with Crippen LogP contribution in [0.4, 0.5) is 0 Å². The molecule has 0 saturated carbocycles. The monoisotopic (exact) mass is 234 g/mol. The average Bonchev–Trinajstić information content (AvgIpc) is 1.85. The summed E-state index contributed by atoms with van der Waals surface area (Å²) in [5.74, 6) is -2.17. The maximum absolute atomic E-state index is 8.89. The normalized spacial score (nSPS) is 5.00. The second-order valence-corrected chi connectivity index (χ2v) is 1.32. The number of nitrogens with zero attached hydrogens (tertiary/aromatic N) is 1. The predicted molar refractivity (Wildman–Crippen MR) is 37.2 cm³/mol. The van der Waals surface area contributed by atoms with Crippen LogP contribution in [0.15, 0.2) is 12.7 Å². The number of rotatable bonds is 0. The van der Waals surface area contributed by atoms with E-state index in [2.05, 4.69) is 6.58 Å². The van der Waals surface area contributed by atoms with Gasteiger partial charge in [-0.2, -0.15) is 5.26 Å². The molecule has 0 aromatic carbocycles. The molecule has 77 valence electrons. The van der Waals surface area contributed by atoms with Crippen LogP contribution in [0.5, 0.6) is 0 Å². The number of carbonyl (C=O) groups is 2. The number of aliphatic carboxylic acids is 2. The molecule has 0 aromatic heterocycles. The number of carboxylic acids is 2. The van der Waals surface area contributed by atoms with Crippen LogP contribution >= 0.6 is 0 Å². The van der Waals surface area contributed by atoms with Crippen LogP contribution in [-0.2, 0) is 26.7 Å². The average molecular weight is 235 g/mol. The van der Waals surface area contributed by atoms with Gasteiger partial charge in [0.2, 0.25) is 0 Å². The molecule has 0 aliphatic rings. The van der Waals surface area contributed by atoms with Crippen molar-refractivity contribution in [3.63, 3.8) is 0 Å². The molecule has 0 N–H and O–H groups in total. The summed E-state index contributed by atoms with van der Waals surface area (Å²) in [6, 6.07) is 1.69. The van der Waals surface area contributed by atoms with Gasteiger partial charge in [0.05, 0.1) is 6.07 Å². The summed E-state index contributed by atoms with van der Waals surface area (Å²) in [4.78, 5) is 17.8.